The van der Waals surface area contributed by atoms with Crippen LogP contribution >= 0.6 is 24.8 Å². The van der Waals surface area contributed by atoms with Crippen LogP contribution < -0.4 is 10.6 Å². The third kappa shape index (κ3) is 4.10. The molecule has 1 aliphatic heterocycles. The lowest BCUT2D eigenvalue weighted by Gasteiger charge is -2.22. The average molecular weight is 347 g/mol. The van der Waals surface area contributed by atoms with E-state index in [1.165, 1.54) is 0 Å². The topological polar surface area (TPSA) is 67.7 Å². The first-order valence-corrected chi connectivity index (χ1v) is 6.76. The molecule has 3 heterocycles. The number of amides is 1. The Bertz CT molecular complexity index is 626. The number of aryl methyl sites for hydroxylation is 1. The van der Waals surface area contributed by atoms with Gasteiger partial charge in [-0.05, 0) is 19.1 Å². The molecule has 0 bridgehead atoms. The largest absolute Gasteiger partial charge is 0.378 e. The molecule has 1 unspecified atom stereocenters. The highest BCUT2D eigenvalue weighted by molar-refractivity contribution is 5.85. The number of aromatic nitrogens is 2. The van der Waals surface area contributed by atoms with E-state index < -0.39 is 0 Å². The quantitative estimate of drug-likeness (QED) is 0.872. The first kappa shape index (κ1) is 18.7. The molecule has 2 aromatic rings. The predicted molar refractivity (Wildman–Crippen MR) is 88.9 cm³/mol. The number of carbonyl (C=O) groups is 1. The molecule has 8 heteroatoms. The first-order chi connectivity index (χ1) is 9.74. The average Bonchev–Trinajstić information content (AvgIpc) is 2.90. The van der Waals surface area contributed by atoms with Crippen LogP contribution in [-0.4, -0.2) is 41.1 Å². The fourth-order valence-electron chi connectivity index (χ4n) is 2.32. The van der Waals surface area contributed by atoms with E-state index in [1.54, 1.807) is 0 Å². The van der Waals surface area contributed by atoms with Gasteiger partial charge in [-0.25, -0.2) is 4.98 Å². The fraction of sp³-hybridized carbons (Fsp3) is 0.429. The third-order valence-corrected chi connectivity index (χ3v) is 3.43. The summed E-state index contributed by atoms with van der Waals surface area (Å²) < 4.78 is 7.29. The molecule has 122 valence electrons. The van der Waals surface area contributed by atoms with Crippen molar-refractivity contribution in [2.45, 2.75) is 19.5 Å². The maximum atomic E-state index is 12.0. The number of nitrogens with one attached hydrogen (secondary N) is 2. The second kappa shape index (κ2) is 8.33. The van der Waals surface area contributed by atoms with Gasteiger partial charge in [-0.15, -0.1) is 24.8 Å². The van der Waals surface area contributed by atoms with Crippen molar-refractivity contribution in [3.8, 4) is 0 Å². The lowest BCUT2D eigenvalue weighted by Crippen LogP contribution is -2.51. The van der Waals surface area contributed by atoms with Gasteiger partial charge in [0.25, 0.3) is 0 Å². The summed E-state index contributed by atoms with van der Waals surface area (Å²) in [5.41, 5.74) is 2.87. The summed E-state index contributed by atoms with van der Waals surface area (Å²) in [6, 6.07) is 5.70. The van der Waals surface area contributed by atoms with E-state index in [9.17, 15) is 4.79 Å². The maximum Gasteiger partial charge on any atom is 0.239 e. The van der Waals surface area contributed by atoms with Crippen molar-refractivity contribution in [3.05, 3.63) is 35.8 Å². The van der Waals surface area contributed by atoms with E-state index >= 15 is 0 Å². The molecule has 0 spiro atoms. The van der Waals surface area contributed by atoms with Crippen LogP contribution in [0.15, 0.2) is 24.4 Å². The molecule has 0 saturated carbocycles. The minimum atomic E-state index is -0.262. The number of ether oxygens (including phenoxy) is 1. The molecular formula is C14H20Cl2N4O2. The normalized spacial score (nSPS) is 17.4. The Hall–Kier alpha value is -1.34. The van der Waals surface area contributed by atoms with Crippen LogP contribution in [0.2, 0.25) is 0 Å². The second-order valence-corrected chi connectivity index (χ2v) is 4.93. The Morgan fingerprint density at radius 2 is 2.32 bits per heavy atom. The lowest BCUT2D eigenvalue weighted by molar-refractivity contribution is -0.126. The van der Waals surface area contributed by atoms with Gasteiger partial charge >= 0.3 is 0 Å². The Labute approximate surface area is 141 Å². The Kier molecular flexibility index (Phi) is 7.09. The van der Waals surface area contributed by atoms with Crippen LogP contribution in [0.25, 0.3) is 5.65 Å². The molecule has 0 aromatic carbocycles. The molecule has 22 heavy (non-hydrogen) atoms. The van der Waals surface area contributed by atoms with Gasteiger partial charge in [0.15, 0.2) is 0 Å². The van der Waals surface area contributed by atoms with Gasteiger partial charge in [0.1, 0.15) is 11.7 Å². The Morgan fingerprint density at radius 3 is 3.00 bits per heavy atom. The van der Waals surface area contributed by atoms with Gasteiger partial charge in [-0.1, -0.05) is 6.07 Å². The van der Waals surface area contributed by atoms with Gasteiger partial charge in [-0.2, -0.15) is 0 Å². The summed E-state index contributed by atoms with van der Waals surface area (Å²) in [6.45, 7) is 4.26. The molecular weight excluding hydrogens is 327 g/mol. The monoisotopic (exact) mass is 346 g/mol. The van der Waals surface area contributed by atoms with E-state index in [4.69, 9.17) is 4.74 Å². The number of nitrogens with zero attached hydrogens (tertiary/aromatic N) is 2. The molecule has 0 aliphatic carbocycles. The van der Waals surface area contributed by atoms with Crippen molar-refractivity contribution in [2.75, 3.05) is 19.8 Å². The minimum Gasteiger partial charge on any atom is -0.378 e. The smallest absolute Gasteiger partial charge is 0.239 e. The molecule has 1 fully saturated rings. The number of fused-ring (bicyclic) bond motifs is 1. The number of carbonyl (C=O) groups excluding carboxylic acids is 1. The van der Waals surface area contributed by atoms with Crippen molar-refractivity contribution in [2.24, 2.45) is 0 Å². The lowest BCUT2D eigenvalue weighted by atomic mass is 10.2. The SMILES string of the molecule is Cc1cccc2nc(CNC(=O)C3COCCN3)cn12.Cl.Cl. The summed E-state index contributed by atoms with van der Waals surface area (Å²) in [7, 11) is 0. The van der Waals surface area contributed by atoms with Gasteiger partial charge in [0.2, 0.25) is 5.91 Å². The zero-order valence-corrected chi connectivity index (χ0v) is 13.9. The molecule has 1 atom stereocenters. The van der Waals surface area contributed by atoms with E-state index in [0.29, 0.717) is 26.3 Å². The summed E-state index contributed by atoms with van der Waals surface area (Å²) in [6.07, 6.45) is 1.95. The predicted octanol–water partition coefficient (Wildman–Crippen LogP) is 1.09. The Morgan fingerprint density at radius 1 is 1.50 bits per heavy atom. The van der Waals surface area contributed by atoms with Crippen LogP contribution in [0, 0.1) is 6.92 Å². The van der Waals surface area contributed by atoms with Crippen LogP contribution in [0.5, 0.6) is 0 Å². The third-order valence-electron chi connectivity index (χ3n) is 3.43. The first-order valence-electron chi connectivity index (χ1n) is 6.76. The molecule has 1 saturated heterocycles. The number of hydrogen-bond acceptors (Lipinski definition) is 4. The molecule has 2 N–H and O–H groups in total. The second-order valence-electron chi connectivity index (χ2n) is 4.93. The number of hydrogen-bond donors (Lipinski definition) is 2. The minimum absolute atomic E-state index is 0. The molecule has 1 aliphatic rings. The van der Waals surface area contributed by atoms with Gasteiger partial charge < -0.3 is 19.8 Å². The number of pyridine rings is 1. The van der Waals surface area contributed by atoms with E-state index in [-0.39, 0.29) is 36.8 Å². The van der Waals surface area contributed by atoms with Crippen molar-refractivity contribution < 1.29 is 9.53 Å². The number of rotatable bonds is 3. The molecule has 6 nitrogen and oxygen atoms in total. The maximum absolute atomic E-state index is 12.0. The molecule has 1 amide bonds. The van der Waals surface area contributed by atoms with E-state index in [0.717, 1.165) is 17.0 Å². The van der Waals surface area contributed by atoms with E-state index in [2.05, 4.69) is 15.6 Å². The number of imidazole rings is 1. The zero-order chi connectivity index (χ0) is 13.9. The highest BCUT2D eigenvalue weighted by Crippen LogP contribution is 2.08. The Balaban J connectivity index is 0.00000121. The summed E-state index contributed by atoms with van der Waals surface area (Å²) in [4.78, 5) is 16.5. The highest BCUT2D eigenvalue weighted by Gasteiger charge is 2.20. The van der Waals surface area contributed by atoms with Gasteiger partial charge in [-0.3, -0.25) is 4.79 Å². The number of morpholine rings is 1. The summed E-state index contributed by atoms with van der Waals surface area (Å²) in [5.74, 6) is -0.0431. The van der Waals surface area contributed by atoms with E-state index in [1.807, 2.05) is 35.7 Å². The van der Waals surface area contributed by atoms with Gasteiger partial charge in [0.05, 0.1) is 25.5 Å². The summed E-state index contributed by atoms with van der Waals surface area (Å²) >= 11 is 0. The molecule has 0 radical (unpaired) electrons. The highest BCUT2D eigenvalue weighted by atomic mass is 35.5. The van der Waals surface area contributed by atoms with Crippen molar-refractivity contribution in [1.82, 2.24) is 20.0 Å². The molecule has 2 aromatic heterocycles. The van der Waals surface area contributed by atoms with Crippen molar-refractivity contribution in [1.29, 1.82) is 0 Å². The van der Waals surface area contributed by atoms with Crippen LogP contribution in [-0.2, 0) is 16.1 Å². The van der Waals surface area contributed by atoms with Crippen LogP contribution in [0.1, 0.15) is 11.4 Å². The van der Waals surface area contributed by atoms with Crippen molar-refractivity contribution in [3.63, 3.8) is 0 Å². The van der Waals surface area contributed by atoms with Crippen LogP contribution in [0.3, 0.4) is 0 Å². The number of halogens is 2. The van der Waals surface area contributed by atoms with Crippen molar-refractivity contribution >= 4 is 36.4 Å². The fourth-order valence-corrected chi connectivity index (χ4v) is 2.32. The molecule has 3 rings (SSSR count). The standard InChI is InChI=1S/C14H18N4O2.2ClH/c1-10-3-2-4-13-17-11(8-18(10)13)7-16-14(19)12-9-20-6-5-15-12;;/h2-4,8,12,15H,5-7,9H2,1H3,(H,16,19);2*1H. The summed E-state index contributed by atoms with van der Waals surface area (Å²) in [5, 5.41) is 6.02. The van der Waals surface area contributed by atoms with Gasteiger partial charge in [0, 0.05) is 18.4 Å². The zero-order valence-electron chi connectivity index (χ0n) is 12.2. The van der Waals surface area contributed by atoms with Crippen LogP contribution in [0.4, 0.5) is 0 Å².